The third kappa shape index (κ3) is 4.83. The zero-order chi connectivity index (χ0) is 14.2. The number of nitrogens with two attached hydrogens (primary N) is 1. The van der Waals surface area contributed by atoms with Crippen molar-refractivity contribution in [2.75, 3.05) is 25.1 Å². The highest BCUT2D eigenvalue weighted by molar-refractivity contribution is 5.91. The summed E-state index contributed by atoms with van der Waals surface area (Å²) in [6.07, 6.45) is 3.67. The fourth-order valence-corrected chi connectivity index (χ4v) is 2.23. The maximum absolute atomic E-state index is 12.0. The Bertz CT molecular complexity index is 431. The van der Waals surface area contributed by atoms with Crippen LogP contribution in [0.3, 0.4) is 0 Å². The summed E-state index contributed by atoms with van der Waals surface area (Å²) in [5, 5.41) is 2.88. The van der Waals surface area contributed by atoms with Crippen LogP contribution in [0.15, 0.2) is 24.3 Å². The van der Waals surface area contributed by atoms with Crippen LogP contribution in [0.5, 0.6) is 5.75 Å². The van der Waals surface area contributed by atoms with Crippen molar-refractivity contribution in [2.45, 2.75) is 31.8 Å². The quantitative estimate of drug-likeness (QED) is 0.833. The van der Waals surface area contributed by atoms with E-state index >= 15 is 0 Å². The van der Waals surface area contributed by atoms with E-state index in [0.717, 1.165) is 31.6 Å². The molecule has 5 nitrogen and oxygen atoms in total. The molecule has 1 saturated heterocycles. The van der Waals surface area contributed by atoms with Gasteiger partial charge in [-0.15, -0.1) is 0 Å². The van der Waals surface area contributed by atoms with E-state index in [0.29, 0.717) is 25.3 Å². The van der Waals surface area contributed by atoms with Crippen LogP contribution in [0, 0.1) is 0 Å². The average Bonchev–Trinajstić information content (AvgIpc) is 2.46. The van der Waals surface area contributed by atoms with Crippen molar-refractivity contribution >= 4 is 11.6 Å². The van der Waals surface area contributed by atoms with Crippen molar-refractivity contribution in [2.24, 2.45) is 5.73 Å². The Kier molecular flexibility index (Phi) is 5.83. The highest BCUT2D eigenvalue weighted by Crippen LogP contribution is 2.19. The Balaban J connectivity index is 1.83. The molecule has 2 rings (SSSR count). The standard InChI is InChI=1S/C15H22N2O3/c16-7-9-20-13-6-3-4-12(10-13)17-15(18)11-14-5-1-2-8-19-14/h3-4,6,10,14H,1-2,5,7-9,11,16H2,(H,17,18). The number of nitrogens with one attached hydrogen (secondary N) is 1. The van der Waals surface area contributed by atoms with E-state index in [4.69, 9.17) is 15.2 Å². The van der Waals surface area contributed by atoms with Crippen molar-refractivity contribution in [3.8, 4) is 5.75 Å². The van der Waals surface area contributed by atoms with Crippen LogP contribution in [-0.4, -0.2) is 31.8 Å². The molecule has 5 heteroatoms. The second kappa shape index (κ2) is 7.87. The number of anilines is 1. The number of benzene rings is 1. The first kappa shape index (κ1) is 14.8. The van der Waals surface area contributed by atoms with Gasteiger partial charge in [0.25, 0.3) is 0 Å². The molecular formula is C15H22N2O3. The van der Waals surface area contributed by atoms with Crippen molar-refractivity contribution in [1.29, 1.82) is 0 Å². The van der Waals surface area contributed by atoms with Gasteiger partial charge in [0.15, 0.2) is 0 Å². The van der Waals surface area contributed by atoms with E-state index in [1.807, 2.05) is 18.2 Å². The van der Waals surface area contributed by atoms with Crippen LogP contribution in [-0.2, 0) is 9.53 Å². The number of hydrogen-bond acceptors (Lipinski definition) is 4. The highest BCUT2D eigenvalue weighted by Gasteiger charge is 2.17. The fraction of sp³-hybridized carbons (Fsp3) is 0.533. The summed E-state index contributed by atoms with van der Waals surface area (Å²) >= 11 is 0. The van der Waals surface area contributed by atoms with Gasteiger partial charge in [0.2, 0.25) is 5.91 Å². The number of carbonyl (C=O) groups excluding carboxylic acids is 1. The topological polar surface area (TPSA) is 73.6 Å². The monoisotopic (exact) mass is 278 g/mol. The van der Waals surface area contributed by atoms with Gasteiger partial charge in [-0.1, -0.05) is 6.07 Å². The summed E-state index contributed by atoms with van der Waals surface area (Å²) in [6, 6.07) is 7.33. The number of ether oxygens (including phenoxy) is 2. The van der Waals surface area contributed by atoms with Gasteiger partial charge in [-0.2, -0.15) is 0 Å². The number of rotatable bonds is 6. The predicted octanol–water partition coefficient (Wildman–Crippen LogP) is 1.92. The smallest absolute Gasteiger partial charge is 0.226 e. The summed E-state index contributed by atoms with van der Waals surface area (Å²) < 4.78 is 11.0. The normalized spacial score (nSPS) is 18.6. The van der Waals surface area contributed by atoms with Gasteiger partial charge >= 0.3 is 0 Å². The largest absolute Gasteiger partial charge is 0.492 e. The van der Waals surface area contributed by atoms with E-state index in [-0.39, 0.29) is 12.0 Å². The molecule has 1 aliphatic rings. The molecule has 1 heterocycles. The average molecular weight is 278 g/mol. The van der Waals surface area contributed by atoms with Crippen LogP contribution in [0.25, 0.3) is 0 Å². The molecule has 110 valence electrons. The second-order valence-corrected chi connectivity index (χ2v) is 4.91. The van der Waals surface area contributed by atoms with Crippen molar-refractivity contribution in [3.63, 3.8) is 0 Å². The lowest BCUT2D eigenvalue weighted by atomic mass is 10.1. The maximum atomic E-state index is 12.0. The van der Waals surface area contributed by atoms with Crippen molar-refractivity contribution in [1.82, 2.24) is 0 Å². The highest BCUT2D eigenvalue weighted by atomic mass is 16.5. The molecule has 1 aromatic rings. The molecule has 0 spiro atoms. The van der Waals surface area contributed by atoms with Crippen molar-refractivity contribution in [3.05, 3.63) is 24.3 Å². The molecule has 0 aromatic heterocycles. The van der Waals surface area contributed by atoms with Crippen LogP contribution >= 0.6 is 0 Å². The van der Waals surface area contributed by atoms with Gasteiger partial charge < -0.3 is 20.5 Å². The van der Waals surface area contributed by atoms with Gasteiger partial charge in [-0.3, -0.25) is 4.79 Å². The van der Waals surface area contributed by atoms with Gasteiger partial charge in [-0.25, -0.2) is 0 Å². The lowest BCUT2D eigenvalue weighted by Crippen LogP contribution is -2.25. The minimum atomic E-state index is -0.0205. The molecule has 3 N–H and O–H groups in total. The van der Waals surface area contributed by atoms with Crippen LogP contribution in [0.4, 0.5) is 5.69 Å². The fourth-order valence-electron chi connectivity index (χ4n) is 2.23. The Morgan fingerprint density at radius 2 is 2.35 bits per heavy atom. The number of hydrogen-bond donors (Lipinski definition) is 2. The summed E-state index contributed by atoms with van der Waals surface area (Å²) in [7, 11) is 0. The molecule has 1 amide bonds. The van der Waals surface area contributed by atoms with E-state index in [9.17, 15) is 4.79 Å². The summed E-state index contributed by atoms with van der Waals surface area (Å²) in [5.74, 6) is 0.690. The first-order chi connectivity index (χ1) is 9.78. The van der Waals surface area contributed by atoms with Crippen LogP contribution in [0.1, 0.15) is 25.7 Å². The molecule has 1 aromatic carbocycles. The SMILES string of the molecule is NCCOc1cccc(NC(=O)CC2CCCCO2)c1. The van der Waals surface area contributed by atoms with E-state index in [1.165, 1.54) is 0 Å². The lowest BCUT2D eigenvalue weighted by Gasteiger charge is -2.22. The molecular weight excluding hydrogens is 256 g/mol. The molecule has 0 saturated carbocycles. The molecule has 0 radical (unpaired) electrons. The number of carbonyl (C=O) groups is 1. The van der Waals surface area contributed by atoms with Gasteiger partial charge in [0, 0.05) is 24.9 Å². The summed E-state index contributed by atoms with van der Waals surface area (Å²) in [4.78, 5) is 12.0. The third-order valence-corrected chi connectivity index (χ3v) is 3.19. The van der Waals surface area contributed by atoms with Gasteiger partial charge in [0.1, 0.15) is 12.4 Å². The molecule has 20 heavy (non-hydrogen) atoms. The minimum Gasteiger partial charge on any atom is -0.492 e. The molecule has 1 fully saturated rings. The van der Waals surface area contributed by atoms with Crippen LogP contribution in [0.2, 0.25) is 0 Å². The predicted molar refractivity (Wildman–Crippen MR) is 77.8 cm³/mol. The molecule has 1 aliphatic heterocycles. The van der Waals surface area contributed by atoms with Gasteiger partial charge in [0.05, 0.1) is 12.5 Å². The molecule has 0 bridgehead atoms. The maximum Gasteiger partial charge on any atom is 0.226 e. The van der Waals surface area contributed by atoms with E-state index in [1.54, 1.807) is 6.07 Å². The Labute approximate surface area is 119 Å². The second-order valence-electron chi connectivity index (χ2n) is 4.91. The summed E-state index contributed by atoms with van der Waals surface area (Å²) in [6.45, 7) is 1.70. The first-order valence-electron chi connectivity index (χ1n) is 7.12. The molecule has 1 atom stereocenters. The summed E-state index contributed by atoms with van der Waals surface area (Å²) in [5.41, 5.74) is 6.13. The van der Waals surface area contributed by atoms with E-state index in [2.05, 4.69) is 5.32 Å². The Morgan fingerprint density at radius 1 is 1.45 bits per heavy atom. The Hall–Kier alpha value is -1.59. The minimum absolute atomic E-state index is 0.0205. The lowest BCUT2D eigenvalue weighted by molar-refractivity contribution is -0.119. The third-order valence-electron chi connectivity index (χ3n) is 3.19. The van der Waals surface area contributed by atoms with Crippen LogP contribution < -0.4 is 15.8 Å². The van der Waals surface area contributed by atoms with Gasteiger partial charge in [-0.05, 0) is 31.4 Å². The van der Waals surface area contributed by atoms with Crippen molar-refractivity contribution < 1.29 is 14.3 Å². The number of amides is 1. The molecule has 1 unspecified atom stereocenters. The first-order valence-corrected chi connectivity index (χ1v) is 7.12. The molecule has 0 aliphatic carbocycles. The van der Waals surface area contributed by atoms with E-state index < -0.39 is 0 Å². The Morgan fingerprint density at radius 3 is 3.10 bits per heavy atom. The zero-order valence-electron chi connectivity index (χ0n) is 11.6. The zero-order valence-corrected chi connectivity index (χ0v) is 11.6.